The maximum Gasteiger partial charge on any atom is 0.338 e. The van der Waals surface area contributed by atoms with Crippen molar-refractivity contribution in [2.45, 2.75) is 19.8 Å². The normalized spacial score (nSPS) is 25.4. The van der Waals surface area contributed by atoms with Crippen LogP contribution >= 0.6 is 0 Å². The second kappa shape index (κ2) is 4.15. The van der Waals surface area contributed by atoms with Crippen LogP contribution in [0.4, 0.5) is 0 Å². The molecule has 1 aromatic carbocycles. The Bertz CT molecular complexity index is 440. The molecule has 17 heavy (non-hydrogen) atoms. The van der Waals surface area contributed by atoms with E-state index in [0.717, 1.165) is 5.56 Å². The molecule has 0 bridgehead atoms. The van der Waals surface area contributed by atoms with Gasteiger partial charge in [-0.1, -0.05) is 32.0 Å². The summed E-state index contributed by atoms with van der Waals surface area (Å²) in [7, 11) is 1.41. The Morgan fingerprint density at radius 1 is 1.41 bits per heavy atom. The summed E-state index contributed by atoms with van der Waals surface area (Å²) < 4.78 is 4.82. The van der Waals surface area contributed by atoms with E-state index in [4.69, 9.17) is 10.5 Å². The molecule has 0 radical (unpaired) electrons. The molecule has 0 unspecified atom stereocenters. The number of methoxy groups -OCH3 is 1. The van der Waals surface area contributed by atoms with Gasteiger partial charge in [-0.2, -0.15) is 0 Å². The molecule has 1 fully saturated rings. The standard InChI is InChI=1S/C14H19NO2/c1-14(2)11(8-15)12(14)9-6-4-5-7-10(9)13(16)17-3/h4-7,11-12H,8,15H2,1-3H3/t11-,12-/m1/s1. The lowest BCUT2D eigenvalue weighted by molar-refractivity contribution is 0.0599. The molecule has 2 atom stereocenters. The van der Waals surface area contributed by atoms with E-state index in [1.54, 1.807) is 0 Å². The van der Waals surface area contributed by atoms with E-state index in [1.807, 2.05) is 24.3 Å². The van der Waals surface area contributed by atoms with Crippen molar-refractivity contribution in [3.05, 3.63) is 35.4 Å². The molecule has 0 aromatic heterocycles. The van der Waals surface area contributed by atoms with Crippen LogP contribution in [-0.4, -0.2) is 19.6 Å². The summed E-state index contributed by atoms with van der Waals surface area (Å²) in [6.45, 7) is 5.06. The summed E-state index contributed by atoms with van der Waals surface area (Å²) in [5, 5.41) is 0. The number of esters is 1. The van der Waals surface area contributed by atoms with Crippen molar-refractivity contribution in [3.8, 4) is 0 Å². The van der Waals surface area contributed by atoms with E-state index in [-0.39, 0.29) is 11.4 Å². The zero-order chi connectivity index (χ0) is 12.6. The van der Waals surface area contributed by atoms with Gasteiger partial charge in [0.05, 0.1) is 12.7 Å². The lowest BCUT2D eigenvalue weighted by atomic mass is 9.98. The van der Waals surface area contributed by atoms with Gasteiger partial charge in [-0.25, -0.2) is 4.79 Å². The molecule has 0 aliphatic heterocycles. The van der Waals surface area contributed by atoms with Crippen molar-refractivity contribution in [2.24, 2.45) is 17.1 Å². The average Bonchev–Trinajstić information content (AvgIpc) is 2.89. The summed E-state index contributed by atoms with van der Waals surface area (Å²) in [6, 6.07) is 7.66. The van der Waals surface area contributed by atoms with E-state index in [0.29, 0.717) is 23.9 Å². The maximum absolute atomic E-state index is 11.7. The van der Waals surface area contributed by atoms with Crippen LogP contribution in [0.15, 0.2) is 24.3 Å². The lowest BCUT2D eigenvalue weighted by Crippen LogP contribution is -2.07. The first-order valence-electron chi connectivity index (χ1n) is 5.91. The van der Waals surface area contributed by atoms with Crippen molar-refractivity contribution in [2.75, 3.05) is 13.7 Å². The van der Waals surface area contributed by atoms with Crippen LogP contribution in [0.2, 0.25) is 0 Å². The Balaban J connectivity index is 2.38. The Labute approximate surface area is 102 Å². The molecule has 1 saturated carbocycles. The quantitative estimate of drug-likeness (QED) is 0.814. The van der Waals surface area contributed by atoms with Crippen LogP contribution < -0.4 is 5.73 Å². The second-order valence-corrected chi connectivity index (χ2v) is 5.22. The largest absolute Gasteiger partial charge is 0.465 e. The molecule has 1 aromatic rings. The monoisotopic (exact) mass is 233 g/mol. The Hall–Kier alpha value is -1.35. The highest BCUT2D eigenvalue weighted by Crippen LogP contribution is 2.64. The van der Waals surface area contributed by atoms with Crippen molar-refractivity contribution in [1.29, 1.82) is 0 Å². The third-order valence-electron chi connectivity index (χ3n) is 4.01. The predicted molar refractivity (Wildman–Crippen MR) is 66.8 cm³/mol. The molecule has 0 saturated heterocycles. The molecule has 3 nitrogen and oxygen atoms in total. The molecule has 1 aliphatic rings. The number of ether oxygens (including phenoxy) is 1. The van der Waals surface area contributed by atoms with Gasteiger partial charge in [0.1, 0.15) is 0 Å². The first-order chi connectivity index (χ1) is 8.04. The fraction of sp³-hybridized carbons (Fsp3) is 0.500. The van der Waals surface area contributed by atoms with Gasteiger partial charge in [-0.3, -0.25) is 0 Å². The van der Waals surface area contributed by atoms with Gasteiger partial charge in [-0.15, -0.1) is 0 Å². The number of hydrogen-bond acceptors (Lipinski definition) is 3. The zero-order valence-electron chi connectivity index (χ0n) is 10.6. The summed E-state index contributed by atoms with van der Waals surface area (Å²) in [5.41, 5.74) is 7.70. The highest BCUT2D eigenvalue weighted by molar-refractivity contribution is 5.91. The van der Waals surface area contributed by atoms with Crippen molar-refractivity contribution in [1.82, 2.24) is 0 Å². The smallest absolute Gasteiger partial charge is 0.338 e. The van der Waals surface area contributed by atoms with Crippen LogP contribution in [-0.2, 0) is 4.74 Å². The zero-order valence-corrected chi connectivity index (χ0v) is 10.6. The van der Waals surface area contributed by atoms with Gasteiger partial charge in [0, 0.05) is 0 Å². The Kier molecular flexibility index (Phi) is 2.96. The lowest BCUT2D eigenvalue weighted by Gasteiger charge is -2.08. The minimum Gasteiger partial charge on any atom is -0.465 e. The van der Waals surface area contributed by atoms with E-state index in [1.165, 1.54) is 7.11 Å². The maximum atomic E-state index is 11.7. The van der Waals surface area contributed by atoms with Crippen LogP contribution in [0.3, 0.4) is 0 Å². The van der Waals surface area contributed by atoms with E-state index in [9.17, 15) is 4.79 Å². The van der Waals surface area contributed by atoms with E-state index >= 15 is 0 Å². The number of benzene rings is 1. The summed E-state index contributed by atoms with van der Waals surface area (Å²) in [5.74, 6) is 0.551. The number of hydrogen-bond donors (Lipinski definition) is 1. The fourth-order valence-corrected chi connectivity index (χ4v) is 2.87. The molecule has 0 spiro atoms. The third-order valence-corrected chi connectivity index (χ3v) is 4.01. The first kappa shape index (κ1) is 12.1. The van der Waals surface area contributed by atoms with Gasteiger partial charge < -0.3 is 10.5 Å². The Morgan fingerprint density at radius 2 is 2.06 bits per heavy atom. The van der Waals surface area contributed by atoms with Gasteiger partial charge >= 0.3 is 5.97 Å². The first-order valence-corrected chi connectivity index (χ1v) is 5.91. The summed E-state index contributed by atoms with van der Waals surface area (Å²) >= 11 is 0. The number of nitrogens with two attached hydrogens (primary N) is 1. The van der Waals surface area contributed by atoms with Gasteiger partial charge in [-0.05, 0) is 35.4 Å². The fourth-order valence-electron chi connectivity index (χ4n) is 2.87. The summed E-state index contributed by atoms with van der Waals surface area (Å²) in [4.78, 5) is 11.7. The van der Waals surface area contributed by atoms with Crippen molar-refractivity contribution in [3.63, 3.8) is 0 Å². The van der Waals surface area contributed by atoms with E-state index in [2.05, 4.69) is 13.8 Å². The van der Waals surface area contributed by atoms with Crippen molar-refractivity contribution >= 4 is 5.97 Å². The molecule has 2 rings (SSSR count). The van der Waals surface area contributed by atoms with Crippen LogP contribution in [0.25, 0.3) is 0 Å². The minimum absolute atomic E-state index is 0.179. The molecule has 3 heteroatoms. The highest BCUT2D eigenvalue weighted by Gasteiger charge is 2.57. The second-order valence-electron chi connectivity index (χ2n) is 5.22. The molecule has 1 aliphatic carbocycles. The molecular formula is C14H19NO2. The van der Waals surface area contributed by atoms with Crippen LogP contribution in [0.1, 0.15) is 35.7 Å². The van der Waals surface area contributed by atoms with Crippen LogP contribution in [0, 0.1) is 11.3 Å². The van der Waals surface area contributed by atoms with Gasteiger partial charge in [0.15, 0.2) is 0 Å². The van der Waals surface area contributed by atoms with Gasteiger partial charge in [0.25, 0.3) is 0 Å². The predicted octanol–water partition coefficient (Wildman–Crippen LogP) is 2.17. The third kappa shape index (κ3) is 1.84. The van der Waals surface area contributed by atoms with E-state index < -0.39 is 0 Å². The number of carbonyl (C=O) groups excluding carboxylic acids is 1. The van der Waals surface area contributed by atoms with Crippen LogP contribution in [0.5, 0.6) is 0 Å². The SMILES string of the molecule is COC(=O)c1ccccc1[C@@H]1[C@@H](CN)C1(C)C. The topological polar surface area (TPSA) is 52.3 Å². The Morgan fingerprint density at radius 3 is 2.59 bits per heavy atom. The molecule has 0 amide bonds. The minimum atomic E-state index is -0.265. The van der Waals surface area contributed by atoms with Gasteiger partial charge in [0.2, 0.25) is 0 Å². The molecule has 2 N–H and O–H groups in total. The molecule has 92 valence electrons. The number of rotatable bonds is 3. The summed E-state index contributed by atoms with van der Waals surface area (Å²) in [6.07, 6.45) is 0. The molecular weight excluding hydrogens is 214 g/mol. The highest BCUT2D eigenvalue weighted by atomic mass is 16.5. The van der Waals surface area contributed by atoms with Crippen molar-refractivity contribution < 1.29 is 9.53 Å². The molecule has 0 heterocycles. The average molecular weight is 233 g/mol. The number of carbonyl (C=O) groups is 1.